The van der Waals surface area contributed by atoms with Crippen LogP contribution in [0.3, 0.4) is 0 Å². The van der Waals surface area contributed by atoms with Crippen molar-refractivity contribution in [3.63, 3.8) is 0 Å². The van der Waals surface area contributed by atoms with Gasteiger partial charge in [0.05, 0.1) is 39.9 Å². The van der Waals surface area contributed by atoms with Crippen molar-refractivity contribution < 1.29 is 32.9 Å². The molecule has 3 unspecified atom stereocenters. The normalized spacial score (nSPS) is 14.4. The van der Waals surface area contributed by atoms with Crippen LogP contribution in [0.1, 0.15) is 219 Å². The van der Waals surface area contributed by atoms with E-state index in [4.69, 9.17) is 9.05 Å². The number of phosphoric acid groups is 1. The van der Waals surface area contributed by atoms with Gasteiger partial charge >= 0.3 is 7.82 Å². The van der Waals surface area contributed by atoms with Gasteiger partial charge in [0, 0.05) is 6.42 Å². The lowest BCUT2D eigenvalue weighted by molar-refractivity contribution is -0.870. The van der Waals surface area contributed by atoms with Crippen LogP contribution in [-0.4, -0.2) is 73.4 Å². The van der Waals surface area contributed by atoms with Crippen molar-refractivity contribution in [1.29, 1.82) is 0 Å². The highest BCUT2D eigenvalue weighted by molar-refractivity contribution is 7.47. The first-order valence-electron chi connectivity index (χ1n) is 22.4. The fourth-order valence-corrected chi connectivity index (χ4v) is 7.49. The average Bonchev–Trinajstić information content (AvgIpc) is 3.09. The third-order valence-corrected chi connectivity index (χ3v) is 11.3. The topological polar surface area (TPSA) is 105 Å². The molecule has 0 heterocycles. The van der Waals surface area contributed by atoms with Crippen LogP contribution in [0.2, 0.25) is 0 Å². The number of aliphatic hydroxyl groups is 1. The lowest BCUT2D eigenvalue weighted by atomic mass is 10.0. The van der Waals surface area contributed by atoms with E-state index in [-0.39, 0.29) is 19.1 Å². The third-order valence-electron chi connectivity index (χ3n) is 10.4. The number of likely N-dealkylation sites (N-methyl/N-ethyl adjacent to an activating group) is 1. The Hall–Kier alpha value is -0.500. The van der Waals surface area contributed by atoms with E-state index in [9.17, 15) is 19.4 Å². The molecule has 0 radical (unpaired) electrons. The van der Waals surface area contributed by atoms with Crippen molar-refractivity contribution in [3.8, 4) is 0 Å². The number of phosphoric ester groups is 1. The van der Waals surface area contributed by atoms with Crippen LogP contribution < -0.4 is 5.32 Å². The van der Waals surface area contributed by atoms with E-state index in [1.54, 1.807) is 0 Å². The Bertz CT molecular complexity index is 824. The molecule has 52 heavy (non-hydrogen) atoms. The van der Waals surface area contributed by atoms with Crippen LogP contribution >= 0.6 is 7.82 Å². The Balaban J connectivity index is 3.90. The average molecular weight is 762 g/mol. The minimum atomic E-state index is -4.29. The highest BCUT2D eigenvalue weighted by Crippen LogP contribution is 2.43. The standard InChI is InChI=1S/C43H89N2O6P/c1-6-8-10-12-13-14-15-16-17-18-19-20-21-22-23-24-25-26-27-28-29-30-31-32-33-34-36-42(46)41(44-43(47)37-35-11-9-7-2)40-51-52(48,49)50-39-38-45(3,4)5/h41-42,46H,6-40H2,1-5H3,(H-,44,47,48,49)/p+1. The van der Waals surface area contributed by atoms with Gasteiger partial charge in [-0.1, -0.05) is 200 Å². The first-order valence-corrected chi connectivity index (χ1v) is 23.9. The fraction of sp³-hybridized carbons (Fsp3) is 0.977. The molecule has 0 aliphatic rings. The maximum atomic E-state index is 12.6. The first-order chi connectivity index (χ1) is 25.0. The van der Waals surface area contributed by atoms with Crippen LogP contribution in [0, 0.1) is 0 Å². The van der Waals surface area contributed by atoms with Crippen molar-refractivity contribution in [2.45, 2.75) is 231 Å². The summed E-state index contributed by atoms with van der Waals surface area (Å²) in [5.74, 6) is -0.160. The maximum Gasteiger partial charge on any atom is 0.472 e. The second-order valence-corrected chi connectivity index (χ2v) is 18.2. The Morgan fingerprint density at radius 3 is 1.29 bits per heavy atom. The zero-order valence-corrected chi connectivity index (χ0v) is 36.2. The molecular weight excluding hydrogens is 671 g/mol. The zero-order valence-electron chi connectivity index (χ0n) is 35.3. The highest BCUT2D eigenvalue weighted by Gasteiger charge is 2.28. The van der Waals surface area contributed by atoms with Crippen LogP contribution in [0.25, 0.3) is 0 Å². The minimum Gasteiger partial charge on any atom is -0.391 e. The molecule has 0 rings (SSSR count). The lowest BCUT2D eigenvalue weighted by Gasteiger charge is -2.26. The van der Waals surface area contributed by atoms with E-state index >= 15 is 0 Å². The molecule has 0 aromatic rings. The van der Waals surface area contributed by atoms with Crippen molar-refractivity contribution in [2.75, 3.05) is 40.9 Å². The van der Waals surface area contributed by atoms with Gasteiger partial charge in [0.2, 0.25) is 5.91 Å². The molecule has 0 aliphatic heterocycles. The molecule has 0 fully saturated rings. The van der Waals surface area contributed by atoms with Gasteiger partial charge in [-0.25, -0.2) is 4.57 Å². The summed E-state index contributed by atoms with van der Waals surface area (Å²) in [7, 11) is 1.62. The Kier molecular flexibility index (Phi) is 35.8. The van der Waals surface area contributed by atoms with E-state index in [0.717, 1.165) is 44.9 Å². The maximum absolute atomic E-state index is 12.6. The number of nitrogens with one attached hydrogen (secondary N) is 1. The van der Waals surface area contributed by atoms with Gasteiger partial charge in [-0.15, -0.1) is 0 Å². The van der Waals surface area contributed by atoms with Gasteiger partial charge in [-0.05, 0) is 12.8 Å². The number of amides is 1. The molecule has 0 aromatic heterocycles. The molecule has 0 aromatic carbocycles. The Labute approximate surface area is 323 Å². The molecule has 0 saturated carbocycles. The molecule has 0 aliphatic carbocycles. The van der Waals surface area contributed by atoms with E-state index in [1.165, 1.54) is 148 Å². The summed E-state index contributed by atoms with van der Waals surface area (Å²) in [4.78, 5) is 22.7. The molecule has 0 bridgehead atoms. The molecule has 9 heteroatoms. The van der Waals surface area contributed by atoms with Gasteiger partial charge in [-0.3, -0.25) is 13.8 Å². The molecule has 8 nitrogen and oxygen atoms in total. The molecule has 1 amide bonds. The van der Waals surface area contributed by atoms with Gasteiger partial charge in [0.15, 0.2) is 0 Å². The number of nitrogens with zero attached hydrogens (tertiary/aromatic N) is 1. The molecule has 3 atom stereocenters. The van der Waals surface area contributed by atoms with Gasteiger partial charge in [-0.2, -0.15) is 0 Å². The summed E-state index contributed by atoms with van der Waals surface area (Å²) in [6.45, 7) is 4.78. The van der Waals surface area contributed by atoms with Crippen LogP contribution in [0.4, 0.5) is 0 Å². The molecule has 312 valence electrons. The van der Waals surface area contributed by atoms with Gasteiger partial charge in [0.1, 0.15) is 13.2 Å². The highest BCUT2D eigenvalue weighted by atomic mass is 31.2. The third kappa shape index (κ3) is 37.8. The number of carbonyl (C=O) groups is 1. The fourth-order valence-electron chi connectivity index (χ4n) is 6.75. The number of quaternary nitrogens is 1. The van der Waals surface area contributed by atoms with Crippen LogP contribution in [-0.2, 0) is 18.4 Å². The Morgan fingerprint density at radius 2 is 0.923 bits per heavy atom. The van der Waals surface area contributed by atoms with Gasteiger partial charge < -0.3 is 19.8 Å². The molecule has 3 N–H and O–H groups in total. The quantitative estimate of drug-likeness (QED) is 0.0325. The van der Waals surface area contributed by atoms with Crippen LogP contribution in [0.5, 0.6) is 0 Å². The zero-order chi connectivity index (χ0) is 38.6. The molecule has 0 saturated heterocycles. The summed E-state index contributed by atoms with van der Waals surface area (Å²) in [6.07, 6.45) is 39.2. The number of rotatable bonds is 41. The summed E-state index contributed by atoms with van der Waals surface area (Å²) < 4.78 is 23.4. The lowest BCUT2D eigenvalue weighted by Crippen LogP contribution is -2.46. The van der Waals surface area contributed by atoms with Crippen molar-refractivity contribution in [1.82, 2.24) is 5.32 Å². The van der Waals surface area contributed by atoms with Crippen molar-refractivity contribution in [3.05, 3.63) is 0 Å². The molecular formula is C43H90N2O6P+. The number of hydrogen-bond acceptors (Lipinski definition) is 5. The van der Waals surface area contributed by atoms with Crippen molar-refractivity contribution >= 4 is 13.7 Å². The largest absolute Gasteiger partial charge is 0.472 e. The number of hydrogen-bond donors (Lipinski definition) is 3. The van der Waals surface area contributed by atoms with Gasteiger partial charge in [0.25, 0.3) is 0 Å². The van der Waals surface area contributed by atoms with Crippen LogP contribution in [0.15, 0.2) is 0 Å². The smallest absolute Gasteiger partial charge is 0.391 e. The molecule has 0 spiro atoms. The van der Waals surface area contributed by atoms with Crippen molar-refractivity contribution in [2.24, 2.45) is 0 Å². The number of aliphatic hydroxyl groups excluding tert-OH is 1. The van der Waals surface area contributed by atoms with E-state index in [0.29, 0.717) is 23.9 Å². The minimum absolute atomic E-state index is 0.0773. The monoisotopic (exact) mass is 762 g/mol. The summed E-state index contributed by atoms with van der Waals surface area (Å²) in [5, 5.41) is 13.8. The summed E-state index contributed by atoms with van der Waals surface area (Å²) >= 11 is 0. The predicted octanol–water partition coefficient (Wildman–Crippen LogP) is 12.2. The van der Waals surface area contributed by atoms with E-state index < -0.39 is 20.0 Å². The summed E-state index contributed by atoms with van der Waals surface area (Å²) in [5.41, 5.74) is 0. The second-order valence-electron chi connectivity index (χ2n) is 16.8. The first kappa shape index (κ1) is 51.5. The SMILES string of the molecule is CCCCCCCCCCCCCCCCCCCCCCCCCCCCC(O)C(COP(=O)(O)OCC[N+](C)(C)C)NC(=O)CCCCCC. The van der Waals surface area contributed by atoms with E-state index in [1.807, 2.05) is 21.1 Å². The Morgan fingerprint density at radius 1 is 0.577 bits per heavy atom. The number of unbranched alkanes of at least 4 members (excludes halogenated alkanes) is 28. The summed E-state index contributed by atoms with van der Waals surface area (Å²) in [6, 6.07) is -0.750. The predicted molar refractivity (Wildman–Crippen MR) is 222 cm³/mol. The van der Waals surface area contributed by atoms with E-state index in [2.05, 4.69) is 19.2 Å². The second kappa shape index (κ2) is 36.2. The number of carbonyl (C=O) groups excluding carboxylic acids is 1.